The molecule has 1 spiro atoms. The van der Waals surface area contributed by atoms with E-state index in [1.54, 1.807) is 4.90 Å². The maximum Gasteiger partial charge on any atom is 0.312 e. The van der Waals surface area contributed by atoms with Crippen LogP contribution in [0.4, 0.5) is 4.39 Å². The number of cyclic esters (lactones) is 1. The standard InChI is InChI=1S/C17H22FN3O3.CH2O2/c1-20(2)11-13-9-17(16(23)24-13)5-7-21(8-6-17)15(22)14-4-3-12(18)10-19-14;2-1-3/h3-4,10,13H,5-9,11H2,1-2H3;1H,(H,2,3). The lowest BCUT2D eigenvalue weighted by molar-refractivity contribution is -0.150. The molecule has 1 aromatic heterocycles. The molecule has 0 radical (unpaired) electrons. The number of pyridine rings is 1. The molecule has 0 aliphatic carbocycles. The first-order chi connectivity index (χ1) is 12.8. The number of halogens is 1. The van der Waals surface area contributed by atoms with E-state index in [-0.39, 0.29) is 30.1 Å². The highest BCUT2D eigenvalue weighted by Crippen LogP contribution is 2.43. The summed E-state index contributed by atoms with van der Waals surface area (Å²) >= 11 is 0. The molecule has 1 atom stereocenters. The molecule has 27 heavy (non-hydrogen) atoms. The Kier molecular flexibility index (Phi) is 6.84. The molecule has 3 heterocycles. The predicted octanol–water partition coefficient (Wildman–Crippen LogP) is 1.02. The third-order valence-corrected chi connectivity index (χ3v) is 4.85. The highest BCUT2D eigenvalue weighted by Gasteiger charge is 2.50. The van der Waals surface area contributed by atoms with Gasteiger partial charge in [-0.05, 0) is 39.1 Å². The van der Waals surface area contributed by atoms with E-state index >= 15 is 0 Å². The van der Waals surface area contributed by atoms with Crippen molar-refractivity contribution in [1.82, 2.24) is 14.8 Å². The van der Waals surface area contributed by atoms with Gasteiger partial charge in [-0.25, -0.2) is 9.37 Å². The quantitative estimate of drug-likeness (QED) is 0.616. The van der Waals surface area contributed by atoms with E-state index in [1.807, 2.05) is 19.0 Å². The molecule has 2 aliphatic rings. The Bertz CT molecular complexity index is 672. The number of carboxylic acid groups (broad SMARTS) is 1. The molecule has 2 fully saturated rings. The van der Waals surface area contributed by atoms with Gasteiger partial charge in [0.25, 0.3) is 12.4 Å². The molecule has 3 rings (SSSR count). The van der Waals surface area contributed by atoms with Crippen LogP contribution in [0.25, 0.3) is 0 Å². The normalized spacial score (nSPS) is 20.8. The number of ether oxygens (including phenoxy) is 1. The monoisotopic (exact) mass is 381 g/mol. The summed E-state index contributed by atoms with van der Waals surface area (Å²) in [4.78, 5) is 40.6. The second-order valence-corrected chi connectivity index (χ2v) is 7.03. The maximum atomic E-state index is 12.9. The minimum absolute atomic E-state index is 0.0754. The number of hydrogen-bond donors (Lipinski definition) is 1. The maximum absolute atomic E-state index is 12.9. The van der Waals surface area contributed by atoms with Crippen LogP contribution in [0.2, 0.25) is 0 Å². The fourth-order valence-electron chi connectivity index (χ4n) is 3.56. The van der Waals surface area contributed by atoms with Gasteiger partial charge in [-0.1, -0.05) is 0 Å². The van der Waals surface area contributed by atoms with Crippen LogP contribution in [0, 0.1) is 11.2 Å². The first kappa shape index (κ1) is 20.8. The number of carbonyl (C=O) groups excluding carboxylic acids is 2. The van der Waals surface area contributed by atoms with Crippen molar-refractivity contribution in [3.63, 3.8) is 0 Å². The van der Waals surface area contributed by atoms with Gasteiger partial charge in [0.05, 0.1) is 11.6 Å². The largest absolute Gasteiger partial charge is 0.483 e. The van der Waals surface area contributed by atoms with Crippen LogP contribution in [0.3, 0.4) is 0 Å². The summed E-state index contributed by atoms with van der Waals surface area (Å²) in [6.07, 6.45) is 2.87. The number of aromatic nitrogens is 1. The highest BCUT2D eigenvalue weighted by atomic mass is 19.1. The van der Waals surface area contributed by atoms with Gasteiger partial charge in [0, 0.05) is 26.1 Å². The molecule has 0 aromatic carbocycles. The van der Waals surface area contributed by atoms with Gasteiger partial charge >= 0.3 is 5.97 Å². The summed E-state index contributed by atoms with van der Waals surface area (Å²) in [7, 11) is 3.91. The van der Waals surface area contributed by atoms with Crippen LogP contribution < -0.4 is 0 Å². The molecule has 0 saturated carbocycles. The van der Waals surface area contributed by atoms with Crippen molar-refractivity contribution in [2.24, 2.45) is 5.41 Å². The molecular formula is C18H24FN3O5. The van der Waals surface area contributed by atoms with Crippen molar-refractivity contribution < 1.29 is 28.6 Å². The minimum Gasteiger partial charge on any atom is -0.483 e. The third-order valence-electron chi connectivity index (χ3n) is 4.85. The minimum atomic E-state index is -0.468. The van der Waals surface area contributed by atoms with Gasteiger partial charge in [-0.3, -0.25) is 14.4 Å². The van der Waals surface area contributed by atoms with Crippen molar-refractivity contribution in [1.29, 1.82) is 0 Å². The summed E-state index contributed by atoms with van der Waals surface area (Å²) < 4.78 is 18.4. The summed E-state index contributed by atoms with van der Waals surface area (Å²) in [5.41, 5.74) is -0.236. The Hall–Kier alpha value is -2.55. The fraction of sp³-hybridized carbons (Fsp3) is 0.556. The van der Waals surface area contributed by atoms with E-state index in [1.165, 1.54) is 12.1 Å². The summed E-state index contributed by atoms with van der Waals surface area (Å²) in [5, 5.41) is 6.89. The van der Waals surface area contributed by atoms with Crippen molar-refractivity contribution in [2.45, 2.75) is 25.4 Å². The smallest absolute Gasteiger partial charge is 0.312 e. The molecule has 1 N–H and O–H groups in total. The van der Waals surface area contributed by atoms with E-state index in [2.05, 4.69) is 4.98 Å². The second kappa shape index (κ2) is 8.90. The first-order valence-corrected chi connectivity index (χ1v) is 8.66. The lowest BCUT2D eigenvalue weighted by atomic mass is 9.76. The number of carbonyl (C=O) groups is 3. The second-order valence-electron chi connectivity index (χ2n) is 7.03. The van der Waals surface area contributed by atoms with Gasteiger partial charge in [0.1, 0.15) is 17.6 Å². The zero-order valence-electron chi connectivity index (χ0n) is 15.4. The number of piperidine rings is 1. The SMILES string of the molecule is CN(C)CC1CC2(CCN(C(=O)c3ccc(F)cn3)CC2)C(=O)O1.O=CO. The Morgan fingerprint density at radius 1 is 1.44 bits per heavy atom. The van der Waals surface area contributed by atoms with E-state index in [9.17, 15) is 14.0 Å². The van der Waals surface area contributed by atoms with Gasteiger partial charge < -0.3 is 19.6 Å². The molecule has 1 amide bonds. The summed E-state index contributed by atoms with van der Waals surface area (Å²) in [6.45, 7) is 1.44. The average molecular weight is 381 g/mol. The van der Waals surface area contributed by atoms with Crippen LogP contribution in [-0.4, -0.2) is 78.1 Å². The van der Waals surface area contributed by atoms with Gasteiger partial charge in [0.2, 0.25) is 0 Å². The first-order valence-electron chi connectivity index (χ1n) is 8.66. The molecule has 2 saturated heterocycles. The highest BCUT2D eigenvalue weighted by molar-refractivity contribution is 5.92. The van der Waals surface area contributed by atoms with Gasteiger partial charge in [0.15, 0.2) is 0 Å². The Morgan fingerprint density at radius 3 is 2.59 bits per heavy atom. The van der Waals surface area contributed by atoms with E-state index in [4.69, 9.17) is 14.6 Å². The van der Waals surface area contributed by atoms with Gasteiger partial charge in [-0.15, -0.1) is 0 Å². The molecule has 0 bridgehead atoms. The van der Waals surface area contributed by atoms with Crippen LogP contribution in [0.5, 0.6) is 0 Å². The van der Waals surface area contributed by atoms with Crippen LogP contribution in [0.15, 0.2) is 18.3 Å². The Morgan fingerprint density at radius 2 is 2.07 bits per heavy atom. The van der Waals surface area contributed by atoms with Crippen molar-refractivity contribution in [2.75, 3.05) is 33.7 Å². The van der Waals surface area contributed by atoms with Crippen molar-refractivity contribution in [3.8, 4) is 0 Å². The molecule has 2 aliphatic heterocycles. The fourth-order valence-corrected chi connectivity index (χ4v) is 3.56. The number of amides is 1. The summed E-state index contributed by atoms with van der Waals surface area (Å²) in [6, 6.07) is 2.62. The third kappa shape index (κ3) is 5.00. The van der Waals surface area contributed by atoms with E-state index < -0.39 is 11.2 Å². The number of likely N-dealkylation sites (tertiary alicyclic amines) is 1. The van der Waals surface area contributed by atoms with Crippen LogP contribution in [0.1, 0.15) is 29.8 Å². The number of rotatable bonds is 3. The number of hydrogen-bond acceptors (Lipinski definition) is 6. The molecule has 1 aromatic rings. The topological polar surface area (TPSA) is 100 Å². The van der Waals surface area contributed by atoms with E-state index in [0.29, 0.717) is 32.4 Å². The number of esters is 1. The van der Waals surface area contributed by atoms with Crippen molar-refractivity contribution >= 4 is 18.3 Å². The zero-order valence-corrected chi connectivity index (χ0v) is 15.4. The van der Waals surface area contributed by atoms with Gasteiger partial charge in [-0.2, -0.15) is 0 Å². The average Bonchev–Trinajstić information content (AvgIpc) is 2.90. The number of nitrogens with zero attached hydrogens (tertiary/aromatic N) is 3. The predicted molar refractivity (Wildman–Crippen MR) is 93.5 cm³/mol. The molecular weight excluding hydrogens is 357 g/mol. The van der Waals surface area contributed by atoms with Crippen LogP contribution in [-0.2, 0) is 14.3 Å². The molecule has 9 heteroatoms. The van der Waals surface area contributed by atoms with Crippen molar-refractivity contribution in [3.05, 3.63) is 29.8 Å². The van der Waals surface area contributed by atoms with Crippen LogP contribution >= 0.6 is 0 Å². The number of likely N-dealkylation sites (N-methyl/N-ethyl adjacent to an activating group) is 1. The lowest BCUT2D eigenvalue weighted by Crippen LogP contribution is -2.45. The molecule has 148 valence electrons. The zero-order chi connectivity index (χ0) is 20.0. The Balaban J connectivity index is 0.000000817. The molecule has 8 nitrogen and oxygen atoms in total. The van der Waals surface area contributed by atoms with E-state index in [0.717, 1.165) is 12.7 Å². The lowest BCUT2D eigenvalue weighted by Gasteiger charge is -2.36. The Labute approximate surface area is 156 Å². The molecule has 1 unspecified atom stereocenters. The summed E-state index contributed by atoms with van der Waals surface area (Å²) in [5.74, 6) is -0.827.